The summed E-state index contributed by atoms with van der Waals surface area (Å²) in [5, 5.41) is 2.97. The largest absolute Gasteiger partial charge is 0.355 e. The summed E-state index contributed by atoms with van der Waals surface area (Å²) in [4.78, 5) is 28.5. The molecule has 2 amide bonds. The van der Waals surface area contributed by atoms with Gasteiger partial charge in [-0.1, -0.05) is 12.1 Å². The average molecular weight is 375 g/mol. The van der Waals surface area contributed by atoms with E-state index in [0.29, 0.717) is 25.9 Å². The minimum absolute atomic E-state index is 0.0356. The van der Waals surface area contributed by atoms with Crippen LogP contribution in [0, 0.1) is 11.2 Å². The summed E-state index contributed by atoms with van der Waals surface area (Å²) in [7, 11) is 0. The maximum absolute atomic E-state index is 12.9. The Hall–Kier alpha value is -1.95. The fourth-order valence-electron chi connectivity index (χ4n) is 4.42. The van der Waals surface area contributed by atoms with E-state index in [9.17, 15) is 14.0 Å². The Labute approximate surface area is 160 Å². The number of benzene rings is 1. The number of nitrogens with zero attached hydrogens (tertiary/aromatic N) is 2. The fourth-order valence-corrected chi connectivity index (χ4v) is 4.42. The molecule has 2 fully saturated rings. The topological polar surface area (TPSA) is 52.6 Å². The van der Waals surface area contributed by atoms with Crippen LogP contribution in [0.1, 0.15) is 38.2 Å². The molecular weight excluding hydrogens is 345 g/mol. The molecule has 0 saturated carbocycles. The molecule has 1 N–H and O–H groups in total. The molecule has 1 atom stereocenters. The Kier molecular flexibility index (Phi) is 6.47. The highest BCUT2D eigenvalue weighted by Gasteiger charge is 2.41. The summed E-state index contributed by atoms with van der Waals surface area (Å²) in [6.45, 7) is 6.42. The second-order valence-corrected chi connectivity index (χ2v) is 7.95. The van der Waals surface area contributed by atoms with Gasteiger partial charge in [0.05, 0.1) is 6.54 Å². The summed E-state index contributed by atoms with van der Waals surface area (Å²) in [6, 6.07) is 6.39. The fraction of sp³-hybridized carbons (Fsp3) is 0.619. The molecule has 1 spiro atoms. The Morgan fingerprint density at radius 3 is 2.74 bits per heavy atom. The number of piperidine rings is 2. The molecule has 2 saturated heterocycles. The zero-order chi connectivity index (χ0) is 19.3. The predicted molar refractivity (Wildman–Crippen MR) is 103 cm³/mol. The molecule has 148 valence electrons. The zero-order valence-electron chi connectivity index (χ0n) is 16.2. The molecule has 27 heavy (non-hydrogen) atoms. The van der Waals surface area contributed by atoms with Gasteiger partial charge >= 0.3 is 0 Å². The zero-order valence-corrected chi connectivity index (χ0v) is 16.2. The first kappa shape index (κ1) is 19.8. The van der Waals surface area contributed by atoms with E-state index in [1.54, 1.807) is 12.1 Å². The first-order valence-electron chi connectivity index (χ1n) is 10.0. The number of hydrogen-bond acceptors (Lipinski definition) is 3. The molecule has 3 rings (SSSR count). The first-order valence-corrected chi connectivity index (χ1v) is 10.0. The molecule has 1 aromatic rings. The molecule has 2 aliphatic rings. The maximum atomic E-state index is 12.9. The summed E-state index contributed by atoms with van der Waals surface area (Å²) in [5.41, 5.74) is 1.16. The van der Waals surface area contributed by atoms with Crippen LogP contribution in [0.15, 0.2) is 24.3 Å². The van der Waals surface area contributed by atoms with Crippen LogP contribution in [0.3, 0.4) is 0 Å². The van der Waals surface area contributed by atoms with Gasteiger partial charge in [0, 0.05) is 38.0 Å². The number of halogens is 1. The lowest BCUT2D eigenvalue weighted by atomic mass is 9.73. The van der Waals surface area contributed by atoms with Gasteiger partial charge in [-0.15, -0.1) is 0 Å². The van der Waals surface area contributed by atoms with Crippen molar-refractivity contribution in [3.05, 3.63) is 35.6 Å². The van der Waals surface area contributed by atoms with E-state index in [0.717, 1.165) is 51.0 Å². The van der Waals surface area contributed by atoms with Gasteiger partial charge in [-0.2, -0.15) is 0 Å². The Balaban J connectivity index is 1.45. The summed E-state index contributed by atoms with van der Waals surface area (Å²) in [6.07, 6.45) is 4.48. The van der Waals surface area contributed by atoms with Crippen molar-refractivity contribution in [3.63, 3.8) is 0 Å². The molecular formula is C21H30FN3O2. The molecule has 0 aromatic heterocycles. The Bertz CT molecular complexity index is 664. The molecule has 1 aromatic carbocycles. The lowest BCUT2D eigenvalue weighted by Crippen LogP contribution is -2.55. The number of carbonyl (C=O) groups is 2. The monoisotopic (exact) mass is 375 g/mol. The van der Waals surface area contributed by atoms with Crippen molar-refractivity contribution >= 4 is 11.8 Å². The van der Waals surface area contributed by atoms with E-state index >= 15 is 0 Å². The summed E-state index contributed by atoms with van der Waals surface area (Å²) >= 11 is 0. The van der Waals surface area contributed by atoms with Crippen LogP contribution in [-0.2, 0) is 16.0 Å². The van der Waals surface area contributed by atoms with Crippen LogP contribution in [0.5, 0.6) is 0 Å². The van der Waals surface area contributed by atoms with Crippen LogP contribution in [0.4, 0.5) is 4.39 Å². The molecule has 2 heterocycles. The lowest BCUT2D eigenvalue weighted by Gasteiger charge is -2.48. The van der Waals surface area contributed by atoms with Crippen LogP contribution >= 0.6 is 0 Å². The average Bonchev–Trinajstić information content (AvgIpc) is 2.66. The predicted octanol–water partition coefficient (Wildman–Crippen LogP) is 2.21. The van der Waals surface area contributed by atoms with Gasteiger partial charge in [-0.3, -0.25) is 14.5 Å². The summed E-state index contributed by atoms with van der Waals surface area (Å²) < 4.78 is 12.9. The van der Waals surface area contributed by atoms with Gasteiger partial charge in [-0.05, 0) is 56.8 Å². The molecule has 0 radical (unpaired) electrons. The molecule has 6 heteroatoms. The summed E-state index contributed by atoms with van der Waals surface area (Å²) in [5.74, 6) is 0.0556. The van der Waals surface area contributed by atoms with E-state index < -0.39 is 0 Å². The van der Waals surface area contributed by atoms with E-state index in [4.69, 9.17) is 0 Å². The normalized spacial score (nSPS) is 23.6. The third-order valence-electron chi connectivity index (χ3n) is 5.89. The molecule has 2 aliphatic heterocycles. The number of likely N-dealkylation sites (tertiary alicyclic amines) is 2. The van der Waals surface area contributed by atoms with Gasteiger partial charge in [0.2, 0.25) is 11.8 Å². The highest BCUT2D eigenvalue weighted by atomic mass is 19.1. The lowest BCUT2D eigenvalue weighted by molar-refractivity contribution is -0.139. The van der Waals surface area contributed by atoms with Crippen molar-refractivity contribution in [1.29, 1.82) is 0 Å². The highest BCUT2D eigenvalue weighted by molar-refractivity contribution is 5.78. The van der Waals surface area contributed by atoms with Crippen molar-refractivity contribution < 1.29 is 14.0 Å². The molecule has 0 bridgehead atoms. The Morgan fingerprint density at radius 1 is 1.22 bits per heavy atom. The number of amides is 2. The second kappa shape index (κ2) is 8.83. The molecule has 5 nitrogen and oxygen atoms in total. The van der Waals surface area contributed by atoms with Crippen LogP contribution in [-0.4, -0.2) is 60.9 Å². The quantitative estimate of drug-likeness (QED) is 0.829. The van der Waals surface area contributed by atoms with Crippen molar-refractivity contribution in [1.82, 2.24) is 15.1 Å². The van der Waals surface area contributed by atoms with E-state index in [1.165, 1.54) is 12.1 Å². The number of rotatable bonds is 6. The minimum Gasteiger partial charge on any atom is -0.355 e. The van der Waals surface area contributed by atoms with Crippen molar-refractivity contribution in [2.45, 2.75) is 39.0 Å². The van der Waals surface area contributed by atoms with Gasteiger partial charge in [-0.25, -0.2) is 4.39 Å². The number of carbonyl (C=O) groups excluding carboxylic acids is 2. The van der Waals surface area contributed by atoms with Gasteiger partial charge in [0.1, 0.15) is 5.82 Å². The number of nitrogens with one attached hydrogen (secondary N) is 1. The Morgan fingerprint density at radius 2 is 2.00 bits per heavy atom. The van der Waals surface area contributed by atoms with E-state index in [1.807, 2.05) is 11.8 Å². The first-order chi connectivity index (χ1) is 13.0. The third-order valence-corrected chi connectivity index (χ3v) is 5.89. The van der Waals surface area contributed by atoms with Crippen LogP contribution < -0.4 is 5.32 Å². The van der Waals surface area contributed by atoms with Crippen LogP contribution in [0.25, 0.3) is 0 Å². The highest BCUT2D eigenvalue weighted by Crippen LogP contribution is 2.38. The van der Waals surface area contributed by atoms with Gasteiger partial charge < -0.3 is 10.2 Å². The van der Waals surface area contributed by atoms with Crippen LogP contribution in [0.2, 0.25) is 0 Å². The van der Waals surface area contributed by atoms with Crippen molar-refractivity contribution in [3.8, 4) is 0 Å². The second-order valence-electron chi connectivity index (χ2n) is 7.95. The third kappa shape index (κ3) is 5.28. The maximum Gasteiger partial charge on any atom is 0.234 e. The van der Waals surface area contributed by atoms with E-state index in [2.05, 4.69) is 10.2 Å². The smallest absolute Gasteiger partial charge is 0.234 e. The van der Waals surface area contributed by atoms with Gasteiger partial charge in [0.15, 0.2) is 0 Å². The minimum atomic E-state index is -0.243. The molecule has 0 aliphatic carbocycles. The standard InChI is InChI=1S/C21H30FN3O2/c1-2-25-16-21(11-8-20(25)27)10-3-13-24(15-21)14-19(26)23-12-9-17-4-6-18(22)7-5-17/h4-7H,2-3,8-16H2,1H3,(H,23,26). The van der Waals surface area contributed by atoms with Crippen molar-refractivity contribution in [2.24, 2.45) is 5.41 Å². The van der Waals surface area contributed by atoms with Gasteiger partial charge in [0.25, 0.3) is 0 Å². The number of hydrogen-bond donors (Lipinski definition) is 1. The molecule has 1 unspecified atom stereocenters. The van der Waals surface area contributed by atoms with E-state index in [-0.39, 0.29) is 23.0 Å². The van der Waals surface area contributed by atoms with Crippen molar-refractivity contribution in [2.75, 3.05) is 39.3 Å². The SMILES string of the molecule is CCN1CC2(CCCN(CC(=O)NCCc3ccc(F)cc3)C2)CCC1=O.